The number of allylic oxidation sites excluding steroid dienone is 15. The van der Waals surface area contributed by atoms with Gasteiger partial charge in [-0.3, -0.25) is 4.79 Å². The molecular weight excluding hydrogens is 915 g/mol. The van der Waals surface area contributed by atoms with Crippen LogP contribution >= 0.6 is 0 Å². The number of aliphatic hydroxyl groups excluding tert-OH is 2. The third-order valence-electron chi connectivity index (χ3n) is 14.8. The van der Waals surface area contributed by atoms with Gasteiger partial charge in [-0.05, 0) is 89.9 Å². The Morgan fingerprint density at radius 2 is 0.600 bits per heavy atom. The number of rotatable bonds is 60. The summed E-state index contributed by atoms with van der Waals surface area (Å²) in [5.74, 6) is -0.0745. The summed E-state index contributed by atoms with van der Waals surface area (Å²) in [5.41, 5.74) is 0. The molecule has 434 valence electrons. The molecule has 0 saturated heterocycles. The molecule has 3 N–H and O–H groups in total. The van der Waals surface area contributed by atoms with E-state index in [1.807, 2.05) is 6.08 Å². The van der Waals surface area contributed by atoms with E-state index < -0.39 is 12.1 Å². The minimum Gasteiger partial charge on any atom is -0.394 e. The third-order valence-corrected chi connectivity index (χ3v) is 14.8. The van der Waals surface area contributed by atoms with Crippen LogP contribution in [0.5, 0.6) is 0 Å². The Morgan fingerprint density at radius 1 is 0.333 bits per heavy atom. The molecule has 2 atom stereocenters. The fourth-order valence-corrected chi connectivity index (χ4v) is 9.83. The number of hydrogen-bond donors (Lipinski definition) is 3. The molecule has 0 radical (unpaired) electrons. The lowest BCUT2D eigenvalue weighted by Crippen LogP contribution is -2.45. The fraction of sp³-hybridized carbons (Fsp3) is 0.761. The first-order chi connectivity index (χ1) is 37.2. The molecule has 0 fully saturated rings. The number of hydrogen-bond acceptors (Lipinski definition) is 3. The van der Waals surface area contributed by atoms with E-state index in [2.05, 4.69) is 104 Å². The van der Waals surface area contributed by atoms with Crippen LogP contribution in [0.15, 0.2) is 97.2 Å². The van der Waals surface area contributed by atoms with Gasteiger partial charge in [-0.25, -0.2) is 0 Å². The monoisotopic (exact) mass is 1040 g/mol. The van der Waals surface area contributed by atoms with Crippen molar-refractivity contribution in [3.05, 3.63) is 97.2 Å². The maximum Gasteiger partial charge on any atom is 0.220 e. The van der Waals surface area contributed by atoms with Crippen LogP contribution < -0.4 is 5.32 Å². The van der Waals surface area contributed by atoms with Crippen molar-refractivity contribution >= 4 is 5.91 Å². The Balaban J connectivity index is 3.49. The molecule has 0 spiro atoms. The average molecular weight is 1040 g/mol. The third kappa shape index (κ3) is 62.0. The number of carbonyl (C=O) groups excluding carboxylic acids is 1. The summed E-state index contributed by atoms with van der Waals surface area (Å²) in [6, 6.07) is -0.649. The summed E-state index contributed by atoms with van der Waals surface area (Å²) in [7, 11) is 0. The number of amides is 1. The van der Waals surface area contributed by atoms with Crippen molar-refractivity contribution in [2.75, 3.05) is 6.61 Å². The molecule has 0 aromatic carbocycles. The predicted octanol–water partition coefficient (Wildman–Crippen LogP) is 22.4. The highest BCUT2D eigenvalue weighted by molar-refractivity contribution is 5.76. The minimum absolute atomic E-state index is 0.0745. The van der Waals surface area contributed by atoms with Gasteiger partial charge >= 0.3 is 0 Å². The fourth-order valence-electron chi connectivity index (χ4n) is 9.83. The predicted molar refractivity (Wildman–Crippen MR) is 336 cm³/mol. The van der Waals surface area contributed by atoms with Crippen molar-refractivity contribution in [3.8, 4) is 0 Å². The van der Waals surface area contributed by atoms with Gasteiger partial charge in [0.15, 0.2) is 0 Å². The van der Waals surface area contributed by atoms with Crippen molar-refractivity contribution in [3.63, 3.8) is 0 Å². The second kappa shape index (κ2) is 65.6. The quantitative estimate of drug-likeness (QED) is 0.0420. The van der Waals surface area contributed by atoms with E-state index in [9.17, 15) is 15.0 Å². The summed E-state index contributed by atoms with van der Waals surface area (Å²) >= 11 is 0. The van der Waals surface area contributed by atoms with E-state index in [4.69, 9.17) is 0 Å². The molecule has 0 bridgehead atoms. The smallest absolute Gasteiger partial charge is 0.220 e. The maximum atomic E-state index is 12.5. The second-order valence-electron chi connectivity index (χ2n) is 22.1. The Labute approximate surface area is 468 Å². The topological polar surface area (TPSA) is 69.6 Å². The van der Waals surface area contributed by atoms with Gasteiger partial charge in [-0.15, -0.1) is 0 Å². The van der Waals surface area contributed by atoms with E-state index in [-0.39, 0.29) is 12.5 Å². The molecule has 4 heteroatoms. The lowest BCUT2D eigenvalue weighted by molar-refractivity contribution is -0.123. The molecule has 0 aliphatic carbocycles. The molecule has 75 heavy (non-hydrogen) atoms. The molecule has 0 aromatic rings. The molecule has 0 heterocycles. The van der Waals surface area contributed by atoms with Crippen LogP contribution in [0.25, 0.3) is 0 Å². The standard InChI is InChI=1S/C71H127NO3/c1-3-5-7-9-11-13-15-17-19-21-23-25-27-29-30-31-32-33-34-35-36-37-38-39-40-41-42-43-45-47-49-51-53-55-57-59-61-63-65-67-71(75)72-69(68-73)70(74)66-64-62-60-58-56-54-52-50-48-46-44-28-26-24-22-20-18-16-14-12-10-8-6-4-2/h5,7,11,13,17,19,23,25,29-30,48,50,56,58,64,66,69-70,73-74H,3-4,6,8-10,12,14-16,18,20-22,24,26-28,31-47,49,51-55,57,59-63,65,67-68H2,1-2H3,(H,72,75)/b7-5-,13-11-,19-17-,25-23-,30-29-,50-48+,58-56+,66-64+. The van der Waals surface area contributed by atoms with E-state index in [0.717, 1.165) is 70.6 Å². The molecule has 1 amide bonds. The van der Waals surface area contributed by atoms with Crippen LogP contribution in [0.1, 0.15) is 328 Å². The number of carbonyl (C=O) groups is 1. The van der Waals surface area contributed by atoms with Crippen LogP contribution in [0, 0.1) is 0 Å². The van der Waals surface area contributed by atoms with Gasteiger partial charge < -0.3 is 15.5 Å². The highest BCUT2D eigenvalue weighted by Gasteiger charge is 2.18. The van der Waals surface area contributed by atoms with E-state index in [1.165, 1.54) is 238 Å². The van der Waals surface area contributed by atoms with Gasteiger partial charge in [0, 0.05) is 6.42 Å². The Kier molecular flexibility index (Phi) is 63.2. The van der Waals surface area contributed by atoms with Crippen LogP contribution in [0.3, 0.4) is 0 Å². The zero-order valence-electron chi connectivity index (χ0n) is 50.1. The Bertz CT molecular complexity index is 1370. The van der Waals surface area contributed by atoms with Crippen LogP contribution in [0.4, 0.5) is 0 Å². The molecule has 0 saturated carbocycles. The highest BCUT2D eigenvalue weighted by atomic mass is 16.3. The largest absolute Gasteiger partial charge is 0.394 e. The summed E-state index contributed by atoms with van der Waals surface area (Å²) in [6.07, 6.45) is 97.6. The Morgan fingerprint density at radius 3 is 0.933 bits per heavy atom. The first-order valence-corrected chi connectivity index (χ1v) is 33.0. The number of nitrogens with one attached hydrogen (secondary N) is 1. The van der Waals surface area contributed by atoms with Gasteiger partial charge in [0.25, 0.3) is 0 Å². The van der Waals surface area contributed by atoms with Gasteiger partial charge in [0.1, 0.15) is 0 Å². The lowest BCUT2D eigenvalue weighted by atomic mass is 10.0. The van der Waals surface area contributed by atoms with Gasteiger partial charge in [-0.2, -0.15) is 0 Å². The summed E-state index contributed by atoms with van der Waals surface area (Å²) < 4.78 is 0. The van der Waals surface area contributed by atoms with Crippen LogP contribution in [-0.2, 0) is 4.79 Å². The second-order valence-corrected chi connectivity index (χ2v) is 22.1. The molecule has 2 unspecified atom stereocenters. The van der Waals surface area contributed by atoms with Crippen molar-refractivity contribution < 1.29 is 15.0 Å². The van der Waals surface area contributed by atoms with Crippen molar-refractivity contribution in [2.24, 2.45) is 0 Å². The minimum atomic E-state index is -0.874. The summed E-state index contributed by atoms with van der Waals surface area (Å²) in [4.78, 5) is 12.5. The van der Waals surface area contributed by atoms with Gasteiger partial charge in [-0.1, -0.05) is 329 Å². The molecule has 0 aliphatic heterocycles. The zero-order valence-corrected chi connectivity index (χ0v) is 50.1. The highest BCUT2D eigenvalue weighted by Crippen LogP contribution is 2.17. The number of aliphatic hydroxyl groups is 2. The van der Waals surface area contributed by atoms with E-state index >= 15 is 0 Å². The summed E-state index contributed by atoms with van der Waals surface area (Å²) in [6.45, 7) is 4.20. The molecular formula is C71H127NO3. The molecule has 0 aromatic heterocycles. The van der Waals surface area contributed by atoms with Crippen LogP contribution in [-0.4, -0.2) is 34.9 Å². The van der Waals surface area contributed by atoms with Gasteiger partial charge in [0.05, 0.1) is 18.8 Å². The number of unbranched alkanes of at least 4 members (excludes halogenated alkanes) is 39. The maximum absolute atomic E-state index is 12.5. The first kappa shape index (κ1) is 72.3. The van der Waals surface area contributed by atoms with Gasteiger partial charge in [0.2, 0.25) is 5.91 Å². The molecule has 0 rings (SSSR count). The SMILES string of the molecule is CC/C=C\C/C=C\C/C=C\C/C=C\C/C=C\CCCCCCCCCCCCCCCCCCCCCCCCCC(=O)NC(CO)C(O)/C=C/CC/C=C/CC/C=C/CCCCCCCCCCCCCCCC. The normalized spacial score (nSPS) is 13.4. The molecule has 4 nitrogen and oxygen atoms in total. The zero-order chi connectivity index (χ0) is 54.1. The van der Waals surface area contributed by atoms with E-state index in [0.29, 0.717) is 6.42 Å². The van der Waals surface area contributed by atoms with Crippen LogP contribution in [0.2, 0.25) is 0 Å². The molecule has 0 aliphatic rings. The first-order valence-electron chi connectivity index (χ1n) is 33.0. The van der Waals surface area contributed by atoms with E-state index in [1.54, 1.807) is 6.08 Å². The van der Waals surface area contributed by atoms with Crippen molar-refractivity contribution in [2.45, 2.75) is 341 Å². The average Bonchev–Trinajstić information content (AvgIpc) is 3.41. The van der Waals surface area contributed by atoms with Crippen molar-refractivity contribution in [1.29, 1.82) is 0 Å². The lowest BCUT2D eigenvalue weighted by Gasteiger charge is -2.19. The summed E-state index contributed by atoms with van der Waals surface area (Å²) in [5, 5.41) is 23.2. The Hall–Kier alpha value is -2.69. The van der Waals surface area contributed by atoms with Crippen molar-refractivity contribution in [1.82, 2.24) is 5.32 Å².